The van der Waals surface area contributed by atoms with Crippen molar-refractivity contribution in [2.75, 3.05) is 19.7 Å². The molecular formula is C17H21ClN2O. The zero-order valence-corrected chi connectivity index (χ0v) is 13.2. The minimum atomic E-state index is 0. The van der Waals surface area contributed by atoms with E-state index in [-0.39, 0.29) is 12.4 Å². The fraction of sp³-hybridized carbons (Fsp3) is 0.353. The van der Waals surface area contributed by atoms with E-state index in [1.807, 2.05) is 12.1 Å². The number of nitrogens with zero attached hydrogens (tertiary/aromatic N) is 1. The maximum atomic E-state index is 6.00. The van der Waals surface area contributed by atoms with Crippen LogP contribution in [0.25, 0.3) is 10.8 Å². The van der Waals surface area contributed by atoms with E-state index in [0.717, 1.165) is 24.7 Å². The second-order valence-corrected chi connectivity index (χ2v) is 5.40. The van der Waals surface area contributed by atoms with E-state index in [1.165, 1.54) is 16.3 Å². The predicted molar refractivity (Wildman–Crippen MR) is 91.1 cm³/mol. The van der Waals surface area contributed by atoms with Crippen molar-refractivity contribution in [1.82, 2.24) is 5.32 Å². The van der Waals surface area contributed by atoms with Crippen LogP contribution in [0, 0.1) is 0 Å². The molecule has 1 aliphatic rings. The van der Waals surface area contributed by atoms with Gasteiger partial charge in [-0.25, -0.2) is 0 Å². The van der Waals surface area contributed by atoms with E-state index in [4.69, 9.17) is 4.74 Å². The molecule has 0 unspecified atom stereocenters. The van der Waals surface area contributed by atoms with Crippen LogP contribution in [0.4, 0.5) is 0 Å². The zero-order valence-electron chi connectivity index (χ0n) is 12.4. The summed E-state index contributed by atoms with van der Waals surface area (Å²) in [6.07, 6.45) is 0. The number of nitrogens with one attached hydrogen (secondary N) is 1. The second kappa shape index (κ2) is 6.81. The molecule has 2 aromatic carbocycles. The van der Waals surface area contributed by atoms with Crippen molar-refractivity contribution in [3.05, 3.63) is 42.0 Å². The Balaban J connectivity index is 0.00000161. The van der Waals surface area contributed by atoms with Gasteiger partial charge in [-0.15, -0.1) is 12.4 Å². The molecule has 0 fully saturated rings. The van der Waals surface area contributed by atoms with Gasteiger partial charge in [-0.05, 0) is 22.9 Å². The molecule has 1 heterocycles. The Kier molecular flexibility index (Phi) is 5.07. The van der Waals surface area contributed by atoms with Crippen molar-refractivity contribution in [3.63, 3.8) is 0 Å². The predicted octanol–water partition coefficient (Wildman–Crippen LogP) is 3.77. The molecule has 0 amide bonds. The quantitative estimate of drug-likeness (QED) is 0.933. The van der Waals surface area contributed by atoms with Gasteiger partial charge in [0, 0.05) is 11.9 Å². The van der Waals surface area contributed by atoms with Crippen LogP contribution in [0.1, 0.15) is 25.3 Å². The highest BCUT2D eigenvalue weighted by atomic mass is 35.5. The lowest BCUT2D eigenvalue weighted by molar-refractivity contribution is 0.378. The SMILES string of the molecule is CC(C)c1cccc2cccc(OCC3=NCCN3)c12.Cl. The first-order chi connectivity index (χ1) is 9.75. The Labute approximate surface area is 131 Å². The number of hydrogen-bond donors (Lipinski definition) is 1. The topological polar surface area (TPSA) is 33.6 Å². The summed E-state index contributed by atoms with van der Waals surface area (Å²) in [5.74, 6) is 2.37. The Morgan fingerprint density at radius 3 is 2.62 bits per heavy atom. The monoisotopic (exact) mass is 304 g/mol. The Hall–Kier alpha value is -1.74. The van der Waals surface area contributed by atoms with Gasteiger partial charge in [-0.2, -0.15) is 0 Å². The molecule has 0 saturated carbocycles. The van der Waals surface area contributed by atoms with Gasteiger partial charge in [0.25, 0.3) is 0 Å². The fourth-order valence-corrected chi connectivity index (χ4v) is 2.63. The number of aliphatic imine (C=N–C) groups is 1. The van der Waals surface area contributed by atoms with Crippen LogP contribution in [-0.4, -0.2) is 25.5 Å². The summed E-state index contributed by atoms with van der Waals surface area (Å²) in [6, 6.07) is 12.7. The molecule has 112 valence electrons. The van der Waals surface area contributed by atoms with Crippen molar-refractivity contribution < 1.29 is 4.74 Å². The molecular weight excluding hydrogens is 284 g/mol. The Bertz CT molecular complexity index is 647. The van der Waals surface area contributed by atoms with Crippen molar-refractivity contribution in [2.45, 2.75) is 19.8 Å². The molecule has 21 heavy (non-hydrogen) atoms. The maximum Gasteiger partial charge on any atom is 0.145 e. The molecule has 3 nitrogen and oxygen atoms in total. The average Bonchev–Trinajstić information content (AvgIpc) is 2.97. The Morgan fingerprint density at radius 1 is 1.19 bits per heavy atom. The molecule has 1 N–H and O–H groups in total. The fourth-order valence-electron chi connectivity index (χ4n) is 2.63. The average molecular weight is 305 g/mol. The largest absolute Gasteiger partial charge is 0.485 e. The van der Waals surface area contributed by atoms with Gasteiger partial charge >= 0.3 is 0 Å². The third-order valence-corrected chi connectivity index (χ3v) is 3.63. The van der Waals surface area contributed by atoms with E-state index in [1.54, 1.807) is 0 Å². The van der Waals surface area contributed by atoms with E-state index in [0.29, 0.717) is 12.5 Å². The molecule has 0 radical (unpaired) electrons. The standard InChI is InChI=1S/C17H20N2O.ClH/c1-12(2)14-7-3-5-13-6-4-8-15(17(13)14)20-11-16-18-9-10-19-16;/h3-8,12H,9-11H2,1-2H3,(H,18,19);1H. The lowest BCUT2D eigenvalue weighted by Crippen LogP contribution is -2.24. The van der Waals surface area contributed by atoms with Crippen LogP contribution in [0.3, 0.4) is 0 Å². The van der Waals surface area contributed by atoms with Crippen LogP contribution >= 0.6 is 12.4 Å². The molecule has 0 aromatic heterocycles. The first kappa shape index (κ1) is 15.6. The number of fused-ring (bicyclic) bond motifs is 1. The highest BCUT2D eigenvalue weighted by molar-refractivity contribution is 5.92. The molecule has 0 spiro atoms. The summed E-state index contributed by atoms with van der Waals surface area (Å²) in [5, 5.41) is 5.69. The Morgan fingerprint density at radius 2 is 1.95 bits per heavy atom. The summed E-state index contributed by atoms with van der Waals surface area (Å²) >= 11 is 0. The van der Waals surface area contributed by atoms with Crippen molar-refractivity contribution in [1.29, 1.82) is 0 Å². The van der Waals surface area contributed by atoms with Crippen LogP contribution in [0.5, 0.6) is 5.75 Å². The summed E-state index contributed by atoms with van der Waals surface area (Å²) in [4.78, 5) is 4.37. The van der Waals surface area contributed by atoms with E-state index < -0.39 is 0 Å². The van der Waals surface area contributed by atoms with Crippen LogP contribution < -0.4 is 10.1 Å². The number of rotatable bonds is 4. The van der Waals surface area contributed by atoms with Crippen LogP contribution in [-0.2, 0) is 0 Å². The lowest BCUT2D eigenvalue weighted by Gasteiger charge is -2.15. The third-order valence-electron chi connectivity index (χ3n) is 3.63. The number of benzene rings is 2. The molecule has 4 heteroatoms. The number of halogens is 1. The summed E-state index contributed by atoms with van der Waals surface area (Å²) < 4.78 is 6.00. The first-order valence-electron chi connectivity index (χ1n) is 7.17. The van der Waals surface area contributed by atoms with Gasteiger partial charge < -0.3 is 10.1 Å². The van der Waals surface area contributed by atoms with Crippen molar-refractivity contribution in [2.24, 2.45) is 4.99 Å². The van der Waals surface area contributed by atoms with Gasteiger partial charge in [0.1, 0.15) is 18.2 Å². The third kappa shape index (κ3) is 3.30. The highest BCUT2D eigenvalue weighted by Crippen LogP contribution is 2.32. The van der Waals surface area contributed by atoms with Gasteiger partial charge in [-0.1, -0.05) is 44.2 Å². The minimum absolute atomic E-state index is 0. The summed E-state index contributed by atoms with van der Waals surface area (Å²) in [6.45, 7) is 6.73. The lowest BCUT2D eigenvalue weighted by atomic mass is 9.95. The van der Waals surface area contributed by atoms with Crippen molar-refractivity contribution in [3.8, 4) is 5.75 Å². The smallest absolute Gasteiger partial charge is 0.145 e. The summed E-state index contributed by atoms with van der Waals surface area (Å²) in [5.41, 5.74) is 1.33. The maximum absolute atomic E-state index is 6.00. The molecule has 0 atom stereocenters. The number of ether oxygens (including phenoxy) is 1. The molecule has 1 aliphatic heterocycles. The molecule has 0 saturated heterocycles. The zero-order chi connectivity index (χ0) is 13.9. The molecule has 3 rings (SSSR count). The first-order valence-corrected chi connectivity index (χ1v) is 7.17. The second-order valence-electron chi connectivity index (χ2n) is 5.40. The normalized spacial score (nSPS) is 13.8. The van der Waals surface area contributed by atoms with Gasteiger partial charge in [0.05, 0.1) is 6.54 Å². The van der Waals surface area contributed by atoms with Gasteiger partial charge in [0.2, 0.25) is 0 Å². The van der Waals surface area contributed by atoms with E-state index in [9.17, 15) is 0 Å². The van der Waals surface area contributed by atoms with E-state index in [2.05, 4.69) is 48.4 Å². The van der Waals surface area contributed by atoms with Crippen LogP contribution in [0.2, 0.25) is 0 Å². The van der Waals surface area contributed by atoms with E-state index >= 15 is 0 Å². The number of hydrogen-bond acceptors (Lipinski definition) is 3. The summed E-state index contributed by atoms with van der Waals surface area (Å²) in [7, 11) is 0. The van der Waals surface area contributed by atoms with Gasteiger partial charge in [0.15, 0.2) is 0 Å². The highest BCUT2D eigenvalue weighted by Gasteiger charge is 2.11. The molecule has 0 bridgehead atoms. The number of amidine groups is 1. The van der Waals surface area contributed by atoms with Crippen LogP contribution in [0.15, 0.2) is 41.4 Å². The molecule has 2 aromatic rings. The van der Waals surface area contributed by atoms with Gasteiger partial charge in [-0.3, -0.25) is 4.99 Å². The van der Waals surface area contributed by atoms with Crippen molar-refractivity contribution >= 4 is 29.0 Å². The molecule has 0 aliphatic carbocycles. The minimum Gasteiger partial charge on any atom is -0.485 e.